The molecule has 0 saturated heterocycles. The largest absolute Gasteiger partial charge is 0.508 e. The number of benzene rings is 1. The highest BCUT2D eigenvalue weighted by atomic mass is 16.4. The van der Waals surface area contributed by atoms with Crippen molar-refractivity contribution in [3.63, 3.8) is 0 Å². The van der Waals surface area contributed by atoms with Crippen LogP contribution in [-0.4, -0.2) is 22.2 Å². The van der Waals surface area contributed by atoms with Crippen LogP contribution in [-0.2, 0) is 4.79 Å². The second-order valence-corrected chi connectivity index (χ2v) is 6.21. The number of carboxylic acids is 1. The Kier molecular flexibility index (Phi) is 3.42. The number of rotatable bonds is 4. The maximum atomic E-state index is 11.5. The number of aliphatic carboxylic acids is 1. The third-order valence-corrected chi connectivity index (χ3v) is 5.01. The van der Waals surface area contributed by atoms with Crippen molar-refractivity contribution in [2.24, 2.45) is 17.8 Å². The Labute approximate surface area is 118 Å². The van der Waals surface area contributed by atoms with Gasteiger partial charge < -0.3 is 15.5 Å². The van der Waals surface area contributed by atoms with Gasteiger partial charge in [-0.25, -0.2) is 0 Å². The topological polar surface area (TPSA) is 69.6 Å². The van der Waals surface area contributed by atoms with Gasteiger partial charge in [0.05, 0.1) is 5.92 Å². The van der Waals surface area contributed by atoms with Crippen LogP contribution in [0.3, 0.4) is 0 Å². The zero-order valence-electron chi connectivity index (χ0n) is 11.6. The number of phenols is 1. The number of fused-ring (bicyclic) bond motifs is 2. The van der Waals surface area contributed by atoms with Crippen LogP contribution in [0.25, 0.3) is 0 Å². The van der Waals surface area contributed by atoms with Crippen LogP contribution in [0.5, 0.6) is 5.75 Å². The van der Waals surface area contributed by atoms with Crippen LogP contribution in [0.2, 0.25) is 0 Å². The molecule has 0 amide bonds. The molecule has 5 atom stereocenters. The fourth-order valence-electron chi connectivity index (χ4n) is 4.07. The molecule has 2 aliphatic carbocycles. The maximum absolute atomic E-state index is 11.5. The molecule has 0 radical (unpaired) electrons. The van der Waals surface area contributed by atoms with E-state index in [1.54, 1.807) is 12.1 Å². The molecule has 20 heavy (non-hydrogen) atoms. The number of hydrogen-bond acceptors (Lipinski definition) is 3. The van der Waals surface area contributed by atoms with Crippen molar-refractivity contribution < 1.29 is 15.0 Å². The SMILES string of the molecule is CC(NC1C2CCC(C2)C1C(=O)O)c1cccc(O)c1. The molecule has 2 fully saturated rings. The molecule has 2 aliphatic rings. The monoisotopic (exact) mass is 275 g/mol. The smallest absolute Gasteiger partial charge is 0.308 e. The van der Waals surface area contributed by atoms with Crippen LogP contribution in [0.4, 0.5) is 0 Å². The van der Waals surface area contributed by atoms with E-state index in [-0.39, 0.29) is 23.8 Å². The molecule has 4 nitrogen and oxygen atoms in total. The lowest BCUT2D eigenvalue weighted by atomic mass is 9.84. The summed E-state index contributed by atoms with van der Waals surface area (Å²) in [6.45, 7) is 2.03. The van der Waals surface area contributed by atoms with Crippen LogP contribution in [0.1, 0.15) is 37.8 Å². The lowest BCUT2D eigenvalue weighted by molar-refractivity contribution is -0.144. The fourth-order valence-corrected chi connectivity index (χ4v) is 4.07. The highest BCUT2D eigenvalue weighted by molar-refractivity contribution is 5.72. The highest BCUT2D eigenvalue weighted by Crippen LogP contribution is 2.49. The zero-order valence-corrected chi connectivity index (χ0v) is 11.6. The minimum Gasteiger partial charge on any atom is -0.508 e. The Bertz CT molecular complexity index is 516. The van der Waals surface area contributed by atoms with Gasteiger partial charge in [0.2, 0.25) is 0 Å². The predicted octanol–water partition coefficient (Wildman–Crippen LogP) is 2.54. The molecule has 2 saturated carbocycles. The summed E-state index contributed by atoms with van der Waals surface area (Å²) in [7, 11) is 0. The van der Waals surface area contributed by atoms with Gasteiger partial charge in [-0.15, -0.1) is 0 Å². The van der Waals surface area contributed by atoms with E-state index in [0.29, 0.717) is 11.8 Å². The van der Waals surface area contributed by atoms with Crippen LogP contribution in [0.15, 0.2) is 24.3 Å². The van der Waals surface area contributed by atoms with Gasteiger partial charge in [0, 0.05) is 12.1 Å². The average molecular weight is 275 g/mol. The number of nitrogens with one attached hydrogen (secondary N) is 1. The van der Waals surface area contributed by atoms with Crippen molar-refractivity contribution in [1.82, 2.24) is 5.32 Å². The summed E-state index contributed by atoms with van der Waals surface area (Å²) in [6, 6.07) is 7.27. The van der Waals surface area contributed by atoms with E-state index in [1.165, 1.54) is 0 Å². The van der Waals surface area contributed by atoms with E-state index >= 15 is 0 Å². The first-order valence-corrected chi connectivity index (χ1v) is 7.34. The van der Waals surface area contributed by atoms with Gasteiger partial charge in [0.15, 0.2) is 0 Å². The molecular formula is C16H21NO3. The van der Waals surface area contributed by atoms with E-state index in [0.717, 1.165) is 24.8 Å². The number of hydrogen-bond donors (Lipinski definition) is 3. The minimum atomic E-state index is -0.669. The summed E-state index contributed by atoms with van der Waals surface area (Å²) in [5.41, 5.74) is 0.997. The van der Waals surface area contributed by atoms with Gasteiger partial charge in [-0.1, -0.05) is 12.1 Å². The average Bonchev–Trinajstić information content (AvgIpc) is 2.99. The van der Waals surface area contributed by atoms with Gasteiger partial charge in [0.25, 0.3) is 0 Å². The van der Waals surface area contributed by atoms with E-state index in [4.69, 9.17) is 0 Å². The Morgan fingerprint density at radius 2 is 2.10 bits per heavy atom. The first-order valence-electron chi connectivity index (χ1n) is 7.34. The predicted molar refractivity (Wildman–Crippen MR) is 75.4 cm³/mol. The molecule has 108 valence electrons. The summed E-state index contributed by atoms with van der Waals surface area (Å²) in [4.78, 5) is 11.5. The minimum absolute atomic E-state index is 0.0494. The van der Waals surface area contributed by atoms with Crippen LogP contribution >= 0.6 is 0 Å². The van der Waals surface area contributed by atoms with E-state index in [1.807, 2.05) is 19.1 Å². The molecular weight excluding hydrogens is 254 g/mol. The Morgan fingerprint density at radius 3 is 2.80 bits per heavy atom. The lowest BCUT2D eigenvalue weighted by Crippen LogP contribution is -2.45. The first kappa shape index (κ1) is 13.4. The summed E-state index contributed by atoms with van der Waals surface area (Å²) in [6.07, 6.45) is 3.24. The van der Waals surface area contributed by atoms with Gasteiger partial charge in [-0.05, 0) is 55.7 Å². The van der Waals surface area contributed by atoms with Gasteiger partial charge in [0.1, 0.15) is 5.75 Å². The molecule has 3 rings (SSSR count). The van der Waals surface area contributed by atoms with Crippen LogP contribution < -0.4 is 5.32 Å². The van der Waals surface area contributed by atoms with Gasteiger partial charge in [-0.3, -0.25) is 4.79 Å². The van der Waals surface area contributed by atoms with E-state index in [2.05, 4.69) is 5.32 Å². The normalized spacial score (nSPS) is 33.2. The molecule has 1 aromatic rings. The fraction of sp³-hybridized carbons (Fsp3) is 0.562. The molecule has 5 unspecified atom stereocenters. The summed E-state index contributed by atoms with van der Waals surface area (Å²) in [5, 5.41) is 22.5. The Balaban J connectivity index is 1.75. The first-order chi connectivity index (χ1) is 9.56. The van der Waals surface area contributed by atoms with E-state index in [9.17, 15) is 15.0 Å². The second-order valence-electron chi connectivity index (χ2n) is 6.21. The number of carbonyl (C=O) groups is 1. The van der Waals surface area contributed by atoms with Crippen molar-refractivity contribution in [2.45, 2.75) is 38.3 Å². The van der Waals surface area contributed by atoms with Crippen molar-refractivity contribution in [3.05, 3.63) is 29.8 Å². The highest BCUT2D eigenvalue weighted by Gasteiger charge is 2.51. The third kappa shape index (κ3) is 2.29. The van der Waals surface area contributed by atoms with Crippen molar-refractivity contribution >= 4 is 5.97 Å². The third-order valence-electron chi connectivity index (χ3n) is 5.01. The molecule has 2 bridgehead atoms. The summed E-state index contributed by atoms with van der Waals surface area (Å²) >= 11 is 0. The summed E-state index contributed by atoms with van der Waals surface area (Å²) in [5.74, 6) is 0.150. The Morgan fingerprint density at radius 1 is 1.35 bits per heavy atom. The second kappa shape index (κ2) is 5.09. The molecule has 0 spiro atoms. The lowest BCUT2D eigenvalue weighted by Gasteiger charge is -2.31. The standard InChI is InChI=1S/C16H21NO3/c1-9(10-3-2-4-13(18)8-10)17-15-12-6-5-11(7-12)14(15)16(19)20/h2-4,8-9,11-12,14-15,17-18H,5-7H2,1H3,(H,19,20). The van der Waals surface area contributed by atoms with Crippen molar-refractivity contribution in [1.29, 1.82) is 0 Å². The number of carboxylic acid groups (broad SMARTS) is 1. The van der Waals surface area contributed by atoms with Gasteiger partial charge >= 0.3 is 5.97 Å². The molecule has 3 N–H and O–H groups in total. The van der Waals surface area contributed by atoms with Gasteiger partial charge in [-0.2, -0.15) is 0 Å². The summed E-state index contributed by atoms with van der Waals surface area (Å²) < 4.78 is 0. The molecule has 1 aromatic carbocycles. The van der Waals surface area contributed by atoms with Crippen LogP contribution in [0, 0.1) is 17.8 Å². The molecule has 0 heterocycles. The quantitative estimate of drug-likeness (QED) is 0.790. The number of aromatic hydroxyl groups is 1. The molecule has 0 aliphatic heterocycles. The van der Waals surface area contributed by atoms with Crippen molar-refractivity contribution in [2.75, 3.05) is 0 Å². The Hall–Kier alpha value is -1.55. The van der Waals surface area contributed by atoms with E-state index < -0.39 is 5.97 Å². The van der Waals surface area contributed by atoms with Crippen molar-refractivity contribution in [3.8, 4) is 5.75 Å². The number of phenolic OH excluding ortho intramolecular Hbond substituents is 1. The maximum Gasteiger partial charge on any atom is 0.308 e. The molecule has 0 aromatic heterocycles. The molecule has 4 heteroatoms. The zero-order chi connectivity index (χ0) is 14.3.